The first-order valence-corrected chi connectivity index (χ1v) is 13.2. The third-order valence-corrected chi connectivity index (χ3v) is 7.89. The van der Waals surface area contributed by atoms with E-state index in [9.17, 15) is 9.59 Å². The molecule has 2 aliphatic heterocycles. The van der Waals surface area contributed by atoms with Gasteiger partial charge in [-0.05, 0) is 61.7 Å². The van der Waals surface area contributed by atoms with Gasteiger partial charge in [0.15, 0.2) is 0 Å². The first-order chi connectivity index (χ1) is 19.1. The van der Waals surface area contributed by atoms with Crippen molar-refractivity contribution in [1.29, 1.82) is 0 Å². The summed E-state index contributed by atoms with van der Waals surface area (Å²) >= 11 is 0. The van der Waals surface area contributed by atoms with Crippen molar-refractivity contribution in [1.82, 2.24) is 15.1 Å². The van der Waals surface area contributed by atoms with E-state index >= 15 is 0 Å². The molecule has 3 aromatic carbocycles. The zero-order valence-electron chi connectivity index (χ0n) is 21.8. The second kappa shape index (κ2) is 10.3. The number of nitrogens with zero attached hydrogens (tertiary/aromatic N) is 3. The molecule has 2 aliphatic rings. The van der Waals surface area contributed by atoms with Crippen LogP contribution in [0.25, 0.3) is 11.1 Å². The molecule has 6 rings (SSSR count). The van der Waals surface area contributed by atoms with Gasteiger partial charge in [-0.2, -0.15) is 5.10 Å². The summed E-state index contributed by atoms with van der Waals surface area (Å²) in [7, 11) is 1.63. The number of carbonyl (C=O) groups is 2. The quantitative estimate of drug-likeness (QED) is 0.359. The predicted molar refractivity (Wildman–Crippen MR) is 148 cm³/mol. The summed E-state index contributed by atoms with van der Waals surface area (Å²) in [6.45, 7) is 1.75. The van der Waals surface area contributed by atoms with Gasteiger partial charge in [0, 0.05) is 54.3 Å². The van der Waals surface area contributed by atoms with Crippen molar-refractivity contribution in [3.05, 3.63) is 90.8 Å². The Morgan fingerprint density at radius 3 is 2.44 bits per heavy atom. The van der Waals surface area contributed by atoms with Gasteiger partial charge in [0.1, 0.15) is 17.2 Å². The fourth-order valence-corrected chi connectivity index (χ4v) is 5.65. The number of H-pyrrole nitrogens is 1. The molecular formula is C31H30N4O4. The highest BCUT2D eigenvalue weighted by Crippen LogP contribution is 2.44. The van der Waals surface area contributed by atoms with Crippen molar-refractivity contribution in [3.8, 4) is 28.4 Å². The smallest absolute Gasteiger partial charge is 0.253 e. The molecule has 1 N–H and O–H groups in total. The molecule has 2 amide bonds. The number of amides is 2. The third kappa shape index (κ3) is 4.74. The normalized spacial score (nSPS) is 16.5. The maximum atomic E-state index is 13.7. The van der Waals surface area contributed by atoms with Crippen LogP contribution in [0.5, 0.6) is 17.2 Å². The molecule has 0 saturated carbocycles. The van der Waals surface area contributed by atoms with Crippen LogP contribution < -0.4 is 14.4 Å². The molecule has 0 bridgehead atoms. The molecule has 1 spiro atoms. The van der Waals surface area contributed by atoms with Crippen molar-refractivity contribution >= 4 is 17.5 Å². The molecule has 0 aliphatic carbocycles. The van der Waals surface area contributed by atoms with Gasteiger partial charge in [0.2, 0.25) is 5.91 Å². The van der Waals surface area contributed by atoms with Crippen LogP contribution in [0.4, 0.5) is 5.69 Å². The molecule has 198 valence electrons. The zero-order valence-corrected chi connectivity index (χ0v) is 21.8. The number of aromatic amines is 1. The summed E-state index contributed by atoms with van der Waals surface area (Å²) < 4.78 is 11.5. The summed E-state index contributed by atoms with van der Waals surface area (Å²) in [6.07, 6.45) is 5.64. The lowest BCUT2D eigenvalue weighted by molar-refractivity contribution is -0.127. The summed E-state index contributed by atoms with van der Waals surface area (Å²) in [5.41, 5.74) is 2.82. The average molecular weight is 523 g/mol. The Labute approximate surface area is 227 Å². The number of piperidine rings is 1. The number of likely N-dealkylation sites (tertiary alicyclic amines) is 1. The van der Waals surface area contributed by atoms with Gasteiger partial charge in [-0.3, -0.25) is 14.7 Å². The second-order valence-electron chi connectivity index (χ2n) is 10.1. The topological polar surface area (TPSA) is 87.8 Å². The van der Waals surface area contributed by atoms with E-state index in [0.717, 1.165) is 29.0 Å². The highest BCUT2D eigenvalue weighted by molar-refractivity contribution is 6.01. The standard InChI is InChI=1S/C31H30N4O4/c1-38-28-19-24(10-11-27(28)23-20-32-33-21-23)35-17-14-31(30(35)37)12-15-34(16-13-31)29(36)22-6-5-9-26(18-22)39-25-7-3-2-4-8-25/h2-11,18-21H,12-17H2,1H3,(H,32,33). The molecule has 8 heteroatoms. The number of nitrogens with one attached hydrogen (secondary N) is 1. The number of carbonyl (C=O) groups excluding carboxylic acids is 2. The average Bonchev–Trinajstić information content (AvgIpc) is 3.62. The summed E-state index contributed by atoms with van der Waals surface area (Å²) in [5, 5.41) is 6.85. The third-order valence-electron chi connectivity index (χ3n) is 7.89. The van der Waals surface area contributed by atoms with Gasteiger partial charge in [-0.15, -0.1) is 0 Å². The minimum atomic E-state index is -0.439. The van der Waals surface area contributed by atoms with E-state index in [4.69, 9.17) is 9.47 Å². The van der Waals surface area contributed by atoms with E-state index in [2.05, 4.69) is 10.2 Å². The fourth-order valence-electron chi connectivity index (χ4n) is 5.65. The van der Waals surface area contributed by atoms with Crippen LogP contribution in [0.3, 0.4) is 0 Å². The maximum absolute atomic E-state index is 13.7. The fraction of sp³-hybridized carbons (Fsp3) is 0.258. The molecule has 3 heterocycles. The first kappa shape index (κ1) is 24.7. The molecule has 4 aromatic rings. The molecule has 39 heavy (non-hydrogen) atoms. The van der Waals surface area contributed by atoms with Gasteiger partial charge >= 0.3 is 0 Å². The molecule has 8 nitrogen and oxygen atoms in total. The molecular weight excluding hydrogens is 492 g/mol. The molecule has 2 saturated heterocycles. The summed E-state index contributed by atoms with van der Waals surface area (Å²) in [5.74, 6) is 2.13. The number of hydrogen-bond acceptors (Lipinski definition) is 5. The van der Waals surface area contributed by atoms with Gasteiger partial charge < -0.3 is 19.3 Å². The molecule has 2 fully saturated rings. The second-order valence-corrected chi connectivity index (χ2v) is 10.1. The van der Waals surface area contributed by atoms with E-state index in [1.54, 1.807) is 19.4 Å². The minimum Gasteiger partial charge on any atom is -0.496 e. The Balaban J connectivity index is 1.12. The van der Waals surface area contributed by atoms with Crippen LogP contribution in [0.15, 0.2) is 85.2 Å². The van der Waals surface area contributed by atoms with E-state index in [-0.39, 0.29) is 11.8 Å². The summed E-state index contributed by atoms with van der Waals surface area (Å²) in [6, 6.07) is 22.6. The van der Waals surface area contributed by atoms with Crippen LogP contribution in [0, 0.1) is 5.41 Å². The van der Waals surface area contributed by atoms with E-state index in [1.165, 1.54) is 0 Å². The van der Waals surface area contributed by atoms with Crippen molar-refractivity contribution in [2.45, 2.75) is 19.3 Å². The van der Waals surface area contributed by atoms with Crippen LogP contribution in [-0.4, -0.2) is 53.7 Å². The minimum absolute atomic E-state index is 0.0368. The first-order valence-electron chi connectivity index (χ1n) is 13.2. The number of benzene rings is 3. The van der Waals surface area contributed by atoms with E-state index in [1.807, 2.05) is 82.7 Å². The van der Waals surface area contributed by atoms with Crippen LogP contribution in [0.2, 0.25) is 0 Å². The molecule has 0 radical (unpaired) electrons. The van der Waals surface area contributed by atoms with Crippen molar-refractivity contribution in [2.75, 3.05) is 31.6 Å². The lowest BCUT2D eigenvalue weighted by atomic mass is 9.77. The lowest BCUT2D eigenvalue weighted by Crippen LogP contribution is -2.46. The monoisotopic (exact) mass is 522 g/mol. The summed E-state index contributed by atoms with van der Waals surface area (Å²) in [4.78, 5) is 30.8. The number of ether oxygens (including phenoxy) is 2. The van der Waals surface area contributed by atoms with Gasteiger partial charge in [-0.25, -0.2) is 0 Å². The van der Waals surface area contributed by atoms with Crippen LogP contribution in [0.1, 0.15) is 29.6 Å². The molecule has 0 unspecified atom stereocenters. The number of hydrogen-bond donors (Lipinski definition) is 1. The lowest BCUT2D eigenvalue weighted by Gasteiger charge is -2.38. The zero-order chi connectivity index (χ0) is 26.8. The Bertz CT molecular complexity index is 1480. The number of rotatable bonds is 6. The Kier molecular flexibility index (Phi) is 6.52. The van der Waals surface area contributed by atoms with Crippen molar-refractivity contribution in [2.24, 2.45) is 5.41 Å². The van der Waals surface area contributed by atoms with Crippen LogP contribution >= 0.6 is 0 Å². The SMILES string of the molecule is COc1cc(N2CCC3(CCN(C(=O)c4cccc(Oc5ccccc5)c4)CC3)C2=O)ccc1-c1cn[nH]c1. The van der Waals surface area contributed by atoms with Crippen molar-refractivity contribution in [3.63, 3.8) is 0 Å². The van der Waals surface area contributed by atoms with Gasteiger partial charge in [0.05, 0.1) is 18.7 Å². The molecule has 0 atom stereocenters. The predicted octanol–water partition coefficient (Wildman–Crippen LogP) is 5.54. The number of methoxy groups -OCH3 is 1. The van der Waals surface area contributed by atoms with Gasteiger partial charge in [-0.1, -0.05) is 24.3 Å². The molecule has 1 aromatic heterocycles. The number of para-hydroxylation sites is 1. The van der Waals surface area contributed by atoms with Crippen LogP contribution in [-0.2, 0) is 4.79 Å². The maximum Gasteiger partial charge on any atom is 0.253 e. The van der Waals surface area contributed by atoms with E-state index < -0.39 is 5.41 Å². The van der Waals surface area contributed by atoms with E-state index in [0.29, 0.717) is 49.5 Å². The Morgan fingerprint density at radius 2 is 1.69 bits per heavy atom. The Hall–Kier alpha value is -4.59. The Morgan fingerprint density at radius 1 is 0.923 bits per heavy atom. The van der Waals surface area contributed by atoms with Gasteiger partial charge in [0.25, 0.3) is 5.91 Å². The van der Waals surface area contributed by atoms with Crippen molar-refractivity contribution < 1.29 is 19.1 Å². The highest BCUT2D eigenvalue weighted by atomic mass is 16.5. The number of aromatic nitrogens is 2. The highest BCUT2D eigenvalue weighted by Gasteiger charge is 2.49. The largest absolute Gasteiger partial charge is 0.496 e. The number of anilines is 1.